The Morgan fingerprint density at radius 3 is 2.52 bits per heavy atom. The van der Waals surface area contributed by atoms with Crippen molar-refractivity contribution in [3.63, 3.8) is 0 Å². The Balaban J connectivity index is 1.54. The summed E-state index contributed by atoms with van der Waals surface area (Å²) >= 11 is 0. The predicted octanol–water partition coefficient (Wildman–Crippen LogP) is 8.64. The summed E-state index contributed by atoms with van der Waals surface area (Å²) in [5.41, 5.74) is 6.94. The van der Waals surface area contributed by atoms with Crippen LogP contribution in [0.1, 0.15) is 89.5 Å². The zero-order valence-electron chi connectivity index (χ0n) is 29.9. The number of ether oxygens (including phenoxy) is 4. The molecule has 256 valence electrons. The fourth-order valence-corrected chi connectivity index (χ4v) is 7.00. The molecule has 7 rings (SSSR count). The van der Waals surface area contributed by atoms with Crippen molar-refractivity contribution >= 4 is 17.4 Å². The van der Waals surface area contributed by atoms with Crippen LogP contribution in [-0.4, -0.2) is 59.5 Å². The quantitative estimate of drug-likeness (QED) is 0.205. The van der Waals surface area contributed by atoms with E-state index in [1.54, 1.807) is 0 Å². The van der Waals surface area contributed by atoms with Crippen molar-refractivity contribution < 1.29 is 23.7 Å². The highest BCUT2D eigenvalue weighted by molar-refractivity contribution is 5.82. The minimum atomic E-state index is -0.902. The van der Waals surface area contributed by atoms with Crippen molar-refractivity contribution in [2.24, 2.45) is 0 Å². The van der Waals surface area contributed by atoms with Crippen LogP contribution < -0.4 is 9.64 Å². The topological polar surface area (TPSA) is 74.5 Å². The molecule has 0 saturated carbocycles. The second-order valence-electron chi connectivity index (χ2n) is 14.8. The number of rotatable bonds is 3. The van der Waals surface area contributed by atoms with Gasteiger partial charge in [-0.15, -0.1) is 0 Å². The number of fused-ring (bicyclic) bond motifs is 8. The van der Waals surface area contributed by atoms with Crippen LogP contribution in [0.4, 0.5) is 5.82 Å². The summed E-state index contributed by atoms with van der Waals surface area (Å²) in [6, 6.07) is 17.0. The van der Waals surface area contributed by atoms with Crippen molar-refractivity contribution in [2.75, 3.05) is 31.7 Å². The molecule has 1 fully saturated rings. The zero-order chi connectivity index (χ0) is 34.2. The first-order valence-corrected chi connectivity index (χ1v) is 17.4. The lowest BCUT2D eigenvalue weighted by atomic mass is 9.92. The van der Waals surface area contributed by atoms with E-state index in [1.165, 1.54) is 12.7 Å². The Morgan fingerprint density at radius 2 is 1.79 bits per heavy atom. The first-order chi connectivity index (χ1) is 22.8. The maximum atomic E-state index is 13.4. The van der Waals surface area contributed by atoms with Crippen molar-refractivity contribution in [1.29, 1.82) is 0 Å². The smallest absolute Gasteiger partial charge is 0.339 e. The summed E-state index contributed by atoms with van der Waals surface area (Å²) in [7, 11) is 1.42. The lowest BCUT2D eigenvalue weighted by molar-refractivity contribution is -0.164. The maximum Gasteiger partial charge on any atom is 0.339 e. The van der Waals surface area contributed by atoms with E-state index < -0.39 is 17.7 Å². The molecular formula is C40H51N3O5. The molecule has 1 saturated heterocycles. The van der Waals surface area contributed by atoms with E-state index in [2.05, 4.69) is 84.8 Å². The van der Waals surface area contributed by atoms with Crippen LogP contribution in [0.2, 0.25) is 0 Å². The fourth-order valence-electron chi connectivity index (χ4n) is 7.00. The third-order valence-corrected chi connectivity index (χ3v) is 9.63. The number of aryl methyl sites for hydroxylation is 2. The normalized spacial score (nSPS) is 21.1. The number of hydrogen-bond donors (Lipinski definition) is 0. The van der Waals surface area contributed by atoms with E-state index in [9.17, 15) is 4.79 Å². The highest BCUT2D eigenvalue weighted by Gasteiger charge is 2.37. The van der Waals surface area contributed by atoms with Gasteiger partial charge >= 0.3 is 5.97 Å². The molecule has 0 spiro atoms. The number of imidazole rings is 1. The number of benzene rings is 2. The van der Waals surface area contributed by atoms with Gasteiger partial charge in [-0.05, 0) is 116 Å². The van der Waals surface area contributed by atoms with E-state index in [-0.39, 0.29) is 11.7 Å². The fraction of sp³-hybridized carbons (Fsp3) is 0.500. The average molecular weight is 654 g/mol. The molecule has 0 amide bonds. The van der Waals surface area contributed by atoms with Gasteiger partial charge in [0.2, 0.25) is 0 Å². The molecule has 2 aromatic heterocycles. The van der Waals surface area contributed by atoms with E-state index in [4.69, 9.17) is 23.9 Å². The summed E-state index contributed by atoms with van der Waals surface area (Å²) in [4.78, 5) is 21.0. The Kier molecular flexibility index (Phi) is 9.60. The van der Waals surface area contributed by atoms with Crippen molar-refractivity contribution in [3.8, 4) is 28.1 Å². The number of pyridine rings is 1. The van der Waals surface area contributed by atoms with E-state index in [0.29, 0.717) is 0 Å². The van der Waals surface area contributed by atoms with Gasteiger partial charge < -0.3 is 23.8 Å². The molecule has 5 heterocycles. The summed E-state index contributed by atoms with van der Waals surface area (Å²) in [6.07, 6.45) is 5.99. The number of aromatic nitrogens is 2. The average Bonchev–Trinajstić information content (AvgIpc) is 3.47. The zero-order valence-corrected chi connectivity index (χ0v) is 29.9. The summed E-state index contributed by atoms with van der Waals surface area (Å²) in [5.74, 6) is 1.39. The number of anilines is 1. The van der Waals surface area contributed by atoms with Gasteiger partial charge in [0.05, 0.1) is 30.1 Å². The molecule has 3 aliphatic heterocycles. The highest BCUT2D eigenvalue weighted by atomic mass is 16.6. The second-order valence-corrected chi connectivity index (χ2v) is 14.8. The van der Waals surface area contributed by atoms with Crippen LogP contribution in [0.25, 0.3) is 28.0 Å². The Hall–Kier alpha value is -3.88. The van der Waals surface area contributed by atoms with Crippen LogP contribution in [0.5, 0.6) is 5.75 Å². The number of carbonyl (C=O) groups excluding carboxylic acids is 1. The first-order valence-electron chi connectivity index (χ1n) is 17.4. The number of methoxy groups -OCH3 is 1. The van der Waals surface area contributed by atoms with Crippen LogP contribution >= 0.6 is 0 Å². The van der Waals surface area contributed by atoms with Gasteiger partial charge in [0.15, 0.2) is 6.10 Å². The standard InChI is InChI=1S/C40H51N3O5/c1-26-15-16-33-31(22-26)29-13-11-14-30(24-29)32-25-43-34(41-32)23-27(2)35(36(38(44)45-8)48-39(4,5)6)37(43)42-19-17-40(7,18-20-42)46-21-10-9-12-28(3)47-33/h11,13-16,22-25,28,36H,9-10,12,17-21H2,1-8H3/t28-,36-/m0/s1. The predicted molar refractivity (Wildman–Crippen MR) is 191 cm³/mol. The van der Waals surface area contributed by atoms with E-state index in [0.717, 1.165) is 103 Å². The minimum absolute atomic E-state index is 0.0874. The third kappa shape index (κ3) is 7.25. The Bertz CT molecular complexity index is 1780. The molecule has 0 unspecified atom stereocenters. The SMILES string of the molecule is COC(=O)[C@@H](OC(C)(C)C)c1c(C)cc2nc3cn2c1N1CCC(C)(CC1)OCCCC[C@H](C)Oc1ccc(C)cc1-c1cccc-3c1. The lowest BCUT2D eigenvalue weighted by Gasteiger charge is -2.42. The van der Waals surface area contributed by atoms with Crippen molar-refractivity contribution in [1.82, 2.24) is 9.38 Å². The second kappa shape index (κ2) is 13.6. The minimum Gasteiger partial charge on any atom is -0.490 e. The molecule has 0 N–H and O–H groups in total. The van der Waals surface area contributed by atoms with Crippen LogP contribution in [0.15, 0.2) is 54.7 Å². The molecule has 4 aromatic rings. The van der Waals surface area contributed by atoms with Crippen LogP contribution in [-0.2, 0) is 19.0 Å². The number of esters is 1. The van der Waals surface area contributed by atoms with Gasteiger partial charge in [0.1, 0.15) is 17.2 Å². The summed E-state index contributed by atoms with van der Waals surface area (Å²) in [6.45, 7) is 16.7. The number of hydrogen-bond acceptors (Lipinski definition) is 7. The Labute approximate surface area is 285 Å². The molecule has 0 radical (unpaired) electrons. The van der Waals surface area contributed by atoms with Crippen molar-refractivity contribution in [2.45, 2.75) is 104 Å². The first kappa shape index (κ1) is 34.0. The van der Waals surface area contributed by atoms with E-state index >= 15 is 0 Å². The van der Waals surface area contributed by atoms with Crippen LogP contribution in [0.3, 0.4) is 0 Å². The van der Waals surface area contributed by atoms with E-state index in [1.807, 2.05) is 27.7 Å². The molecule has 6 bridgehead atoms. The molecule has 48 heavy (non-hydrogen) atoms. The van der Waals surface area contributed by atoms with Gasteiger partial charge in [0.25, 0.3) is 0 Å². The maximum absolute atomic E-state index is 13.4. The van der Waals surface area contributed by atoms with Gasteiger partial charge in [-0.3, -0.25) is 4.40 Å². The summed E-state index contributed by atoms with van der Waals surface area (Å²) < 4.78 is 27.1. The van der Waals surface area contributed by atoms with Crippen LogP contribution in [0, 0.1) is 13.8 Å². The molecule has 2 aromatic carbocycles. The molecular weight excluding hydrogens is 602 g/mol. The number of piperidine rings is 1. The van der Waals surface area contributed by atoms with Gasteiger partial charge in [-0.2, -0.15) is 0 Å². The number of carbonyl (C=O) groups is 1. The Morgan fingerprint density at radius 1 is 1.04 bits per heavy atom. The molecule has 8 nitrogen and oxygen atoms in total. The molecule has 8 heteroatoms. The lowest BCUT2D eigenvalue weighted by Crippen LogP contribution is -2.45. The summed E-state index contributed by atoms with van der Waals surface area (Å²) in [5, 5.41) is 0. The van der Waals surface area contributed by atoms with Gasteiger partial charge in [-0.1, -0.05) is 29.8 Å². The molecule has 0 aliphatic carbocycles. The van der Waals surface area contributed by atoms with Gasteiger partial charge in [0, 0.05) is 42.6 Å². The monoisotopic (exact) mass is 653 g/mol. The largest absolute Gasteiger partial charge is 0.490 e. The molecule has 3 aliphatic rings. The highest BCUT2D eigenvalue weighted by Crippen LogP contribution is 2.40. The number of nitrogens with zero attached hydrogens (tertiary/aromatic N) is 3. The van der Waals surface area contributed by atoms with Crippen molar-refractivity contribution in [3.05, 3.63) is 71.4 Å². The third-order valence-electron chi connectivity index (χ3n) is 9.63. The molecule has 2 atom stereocenters. The van der Waals surface area contributed by atoms with Gasteiger partial charge in [-0.25, -0.2) is 9.78 Å².